The first-order valence-corrected chi connectivity index (χ1v) is 15.5. The third-order valence-electron chi connectivity index (χ3n) is 8.71. The van der Waals surface area contributed by atoms with Crippen LogP contribution in [0.15, 0.2) is 137 Å². The van der Waals surface area contributed by atoms with Gasteiger partial charge in [0.15, 0.2) is 0 Å². The van der Waals surface area contributed by atoms with Gasteiger partial charge in [-0.3, -0.25) is 0 Å². The van der Waals surface area contributed by atoms with E-state index in [0.29, 0.717) is 5.56 Å². The number of rotatable bonds is 3. The molecule has 208 valence electrons. The summed E-state index contributed by atoms with van der Waals surface area (Å²) in [4.78, 5) is 12.9. The van der Waals surface area contributed by atoms with Crippen molar-refractivity contribution in [3.8, 4) is 39.7 Å². The van der Waals surface area contributed by atoms with Gasteiger partial charge in [-0.1, -0.05) is 111 Å². The largest absolute Gasteiger partial charge is 0.245 e. The molecule has 44 heavy (non-hydrogen) atoms. The Balaban J connectivity index is 1.25. The highest BCUT2D eigenvalue weighted by Gasteiger charge is 2.35. The second kappa shape index (κ2) is 10.2. The van der Waals surface area contributed by atoms with Crippen LogP contribution in [0, 0.1) is 11.3 Å². The number of fused-ring (bicyclic) bond motifs is 5. The zero-order chi connectivity index (χ0) is 29.8. The summed E-state index contributed by atoms with van der Waals surface area (Å²) in [5.41, 5.74) is 11.1. The lowest BCUT2D eigenvalue weighted by Gasteiger charge is -2.36. The van der Waals surface area contributed by atoms with Gasteiger partial charge in [-0.25, -0.2) is 9.97 Å². The van der Waals surface area contributed by atoms with E-state index in [1.807, 2.05) is 42.1 Å². The van der Waals surface area contributed by atoms with E-state index in [1.54, 1.807) is 0 Å². The molecule has 0 N–H and O–H groups in total. The standard InChI is InChI=1S/C40H27N3S/c1-40(2)32-13-3-4-14-35(32)44-36-15-7-12-31(37(36)40)28-9-6-11-30(23-28)34-21-19-27-17-16-26-18-20-33(42-38(26)39(27)43-34)29-10-5-8-25(22-29)24-41/h3-23H,1-2H3. The Kier molecular flexibility index (Phi) is 6.11. The van der Waals surface area contributed by atoms with Gasteiger partial charge in [0.25, 0.3) is 0 Å². The predicted octanol–water partition coefficient (Wildman–Crippen LogP) is 10.4. The molecule has 3 heterocycles. The number of pyridine rings is 2. The molecule has 0 bridgehead atoms. The Morgan fingerprint density at radius 1 is 0.591 bits per heavy atom. The van der Waals surface area contributed by atoms with Gasteiger partial charge in [0.05, 0.1) is 34.1 Å². The molecule has 3 nitrogen and oxygen atoms in total. The van der Waals surface area contributed by atoms with E-state index < -0.39 is 0 Å². The molecule has 2 aromatic heterocycles. The van der Waals surface area contributed by atoms with Gasteiger partial charge >= 0.3 is 0 Å². The molecule has 1 aliphatic heterocycles. The van der Waals surface area contributed by atoms with Crippen LogP contribution in [0.25, 0.3) is 55.4 Å². The highest BCUT2D eigenvalue weighted by Crippen LogP contribution is 2.52. The Hall–Kier alpha value is -5.24. The second-order valence-electron chi connectivity index (χ2n) is 11.8. The first-order chi connectivity index (χ1) is 21.5. The number of nitrogens with zero attached hydrogens (tertiary/aromatic N) is 3. The van der Waals surface area contributed by atoms with Crippen molar-refractivity contribution in [1.29, 1.82) is 5.26 Å². The molecule has 0 spiro atoms. The third-order valence-corrected chi connectivity index (χ3v) is 9.84. The van der Waals surface area contributed by atoms with E-state index in [1.165, 1.54) is 32.0 Å². The average molecular weight is 582 g/mol. The molecule has 0 saturated heterocycles. The smallest absolute Gasteiger partial charge is 0.0991 e. The van der Waals surface area contributed by atoms with E-state index in [4.69, 9.17) is 9.97 Å². The van der Waals surface area contributed by atoms with Crippen LogP contribution in [0.5, 0.6) is 0 Å². The molecule has 0 unspecified atom stereocenters. The van der Waals surface area contributed by atoms with Crippen molar-refractivity contribution in [3.63, 3.8) is 0 Å². The Morgan fingerprint density at radius 2 is 1.18 bits per heavy atom. The van der Waals surface area contributed by atoms with Crippen molar-refractivity contribution in [2.45, 2.75) is 29.1 Å². The van der Waals surface area contributed by atoms with Crippen molar-refractivity contribution in [2.24, 2.45) is 0 Å². The van der Waals surface area contributed by atoms with Gasteiger partial charge < -0.3 is 0 Å². The van der Waals surface area contributed by atoms with Gasteiger partial charge in [0, 0.05) is 37.1 Å². The van der Waals surface area contributed by atoms with Crippen LogP contribution >= 0.6 is 11.8 Å². The first kappa shape index (κ1) is 26.4. The maximum Gasteiger partial charge on any atom is 0.0991 e. The molecule has 0 radical (unpaired) electrons. The monoisotopic (exact) mass is 581 g/mol. The first-order valence-electron chi connectivity index (χ1n) is 14.7. The van der Waals surface area contributed by atoms with Gasteiger partial charge in [-0.05, 0) is 64.7 Å². The molecule has 0 atom stereocenters. The zero-order valence-corrected chi connectivity index (χ0v) is 25.2. The molecule has 4 heteroatoms. The van der Waals surface area contributed by atoms with Crippen molar-refractivity contribution < 1.29 is 0 Å². The molecular formula is C40H27N3S. The fraction of sp³-hybridized carbons (Fsp3) is 0.0750. The maximum absolute atomic E-state index is 9.39. The van der Waals surface area contributed by atoms with Gasteiger partial charge in [-0.2, -0.15) is 5.26 Å². The number of hydrogen-bond acceptors (Lipinski definition) is 4. The molecular weight excluding hydrogens is 555 g/mol. The third kappa shape index (κ3) is 4.28. The van der Waals surface area contributed by atoms with E-state index in [0.717, 1.165) is 44.3 Å². The molecule has 5 aromatic carbocycles. The van der Waals surface area contributed by atoms with Crippen LogP contribution < -0.4 is 0 Å². The minimum atomic E-state index is -0.125. The number of hydrogen-bond donors (Lipinski definition) is 0. The maximum atomic E-state index is 9.39. The number of nitriles is 1. The Bertz CT molecular complexity index is 2310. The summed E-state index contributed by atoms with van der Waals surface area (Å²) < 4.78 is 0. The summed E-state index contributed by atoms with van der Waals surface area (Å²) in [5, 5.41) is 11.5. The topological polar surface area (TPSA) is 49.6 Å². The van der Waals surface area contributed by atoms with Gasteiger partial charge in [0.2, 0.25) is 0 Å². The number of benzene rings is 5. The van der Waals surface area contributed by atoms with E-state index in [9.17, 15) is 5.26 Å². The summed E-state index contributed by atoms with van der Waals surface area (Å²) in [5.74, 6) is 0. The fourth-order valence-corrected chi connectivity index (χ4v) is 7.94. The Labute approximate surface area is 260 Å². The van der Waals surface area contributed by atoms with Crippen LogP contribution in [0.4, 0.5) is 0 Å². The average Bonchev–Trinajstić information content (AvgIpc) is 3.07. The van der Waals surface area contributed by atoms with Crippen LogP contribution in [0.3, 0.4) is 0 Å². The van der Waals surface area contributed by atoms with Crippen molar-refractivity contribution in [1.82, 2.24) is 9.97 Å². The summed E-state index contributed by atoms with van der Waals surface area (Å²) in [6.45, 7) is 4.68. The lowest BCUT2D eigenvalue weighted by atomic mass is 9.74. The summed E-state index contributed by atoms with van der Waals surface area (Å²) in [7, 11) is 0. The van der Waals surface area contributed by atoms with Crippen LogP contribution in [-0.2, 0) is 5.41 Å². The van der Waals surface area contributed by atoms with Crippen LogP contribution in [-0.4, -0.2) is 9.97 Å². The SMILES string of the molecule is CC1(C)c2ccccc2Sc2cccc(-c3cccc(-c4ccc5ccc6ccc(-c7cccc(C#N)c7)nc6c5n4)c3)c21. The lowest BCUT2D eigenvalue weighted by Crippen LogP contribution is -2.24. The van der Waals surface area contributed by atoms with Crippen molar-refractivity contribution in [3.05, 3.63) is 144 Å². The minimum absolute atomic E-state index is 0.125. The lowest BCUT2D eigenvalue weighted by molar-refractivity contribution is 0.609. The summed E-state index contributed by atoms with van der Waals surface area (Å²) in [6, 6.07) is 46.5. The summed E-state index contributed by atoms with van der Waals surface area (Å²) >= 11 is 1.86. The molecule has 0 fully saturated rings. The highest BCUT2D eigenvalue weighted by molar-refractivity contribution is 7.99. The van der Waals surface area contributed by atoms with Gasteiger partial charge in [0.1, 0.15) is 0 Å². The predicted molar refractivity (Wildman–Crippen MR) is 181 cm³/mol. The van der Waals surface area contributed by atoms with Crippen LogP contribution in [0.2, 0.25) is 0 Å². The quantitative estimate of drug-likeness (QED) is 0.195. The highest BCUT2D eigenvalue weighted by atomic mass is 32.2. The Morgan fingerprint density at radius 3 is 1.91 bits per heavy atom. The second-order valence-corrected chi connectivity index (χ2v) is 12.9. The molecule has 0 amide bonds. The molecule has 0 saturated carbocycles. The van der Waals surface area contributed by atoms with Crippen molar-refractivity contribution in [2.75, 3.05) is 0 Å². The molecule has 0 aliphatic carbocycles. The summed E-state index contributed by atoms with van der Waals surface area (Å²) in [6.07, 6.45) is 0. The normalized spacial score (nSPS) is 13.3. The van der Waals surface area contributed by atoms with Crippen LogP contribution in [0.1, 0.15) is 30.5 Å². The van der Waals surface area contributed by atoms with Crippen molar-refractivity contribution >= 4 is 33.6 Å². The van der Waals surface area contributed by atoms with Gasteiger partial charge in [-0.15, -0.1) is 0 Å². The molecule has 7 aromatic rings. The minimum Gasteiger partial charge on any atom is -0.245 e. The molecule has 1 aliphatic rings. The van der Waals surface area contributed by atoms with E-state index in [2.05, 4.69) is 117 Å². The zero-order valence-electron chi connectivity index (χ0n) is 24.4. The van der Waals surface area contributed by atoms with E-state index in [-0.39, 0.29) is 5.41 Å². The fourth-order valence-electron chi connectivity index (χ4n) is 6.51. The number of aromatic nitrogens is 2. The van der Waals surface area contributed by atoms with E-state index >= 15 is 0 Å². The molecule has 8 rings (SSSR count).